The molecule has 0 radical (unpaired) electrons. The standard InChI is InChI=1S/C19H18BrN3O2/c1-2-3-10-25-15-7-4-13(5-8-15)12-21-23-18-16-11-14(20)6-9-17(16)22-19(18)24/h4-9,11-12H,2-3,10H2,1H3,(H,22,23,24)/b21-12+. The van der Waals surface area contributed by atoms with Crippen molar-refractivity contribution < 1.29 is 9.53 Å². The maximum absolute atomic E-state index is 12.0. The molecule has 1 heterocycles. The summed E-state index contributed by atoms with van der Waals surface area (Å²) in [6, 6.07) is 13.2. The maximum Gasteiger partial charge on any atom is 0.276 e. The molecule has 6 heteroatoms. The van der Waals surface area contributed by atoms with Crippen molar-refractivity contribution in [3.8, 4) is 5.75 Å². The highest BCUT2D eigenvalue weighted by atomic mass is 79.9. The van der Waals surface area contributed by atoms with Crippen LogP contribution in [0.25, 0.3) is 0 Å². The minimum absolute atomic E-state index is 0.245. The zero-order valence-corrected chi connectivity index (χ0v) is 15.4. The summed E-state index contributed by atoms with van der Waals surface area (Å²) in [5.74, 6) is 0.593. The first-order chi connectivity index (χ1) is 12.2. The molecule has 25 heavy (non-hydrogen) atoms. The third kappa shape index (κ3) is 4.33. The number of halogens is 1. The lowest BCUT2D eigenvalue weighted by molar-refractivity contribution is -0.110. The van der Waals surface area contributed by atoms with E-state index in [-0.39, 0.29) is 5.91 Å². The van der Waals surface area contributed by atoms with E-state index < -0.39 is 0 Å². The molecule has 5 nitrogen and oxygen atoms in total. The van der Waals surface area contributed by atoms with Crippen LogP contribution in [0.15, 0.2) is 57.1 Å². The Morgan fingerprint density at radius 3 is 2.76 bits per heavy atom. The van der Waals surface area contributed by atoms with Gasteiger partial charge in [0.1, 0.15) is 5.75 Å². The lowest BCUT2D eigenvalue weighted by atomic mass is 10.1. The summed E-state index contributed by atoms with van der Waals surface area (Å²) in [6.45, 7) is 2.85. The van der Waals surface area contributed by atoms with E-state index in [0.717, 1.165) is 46.5 Å². The number of carbonyl (C=O) groups is 1. The lowest BCUT2D eigenvalue weighted by Gasteiger charge is -2.04. The SMILES string of the molecule is CCCCOc1ccc(/C=N/N=C2/C(=O)Nc3ccc(Br)cc32)cc1. The van der Waals surface area contributed by atoms with Gasteiger partial charge < -0.3 is 10.1 Å². The quantitative estimate of drug-likeness (QED) is 0.444. The van der Waals surface area contributed by atoms with Gasteiger partial charge in [-0.25, -0.2) is 0 Å². The molecule has 0 spiro atoms. The van der Waals surface area contributed by atoms with Gasteiger partial charge >= 0.3 is 0 Å². The van der Waals surface area contributed by atoms with Crippen LogP contribution in [0.3, 0.4) is 0 Å². The molecule has 1 aliphatic heterocycles. The Labute approximate surface area is 154 Å². The van der Waals surface area contributed by atoms with E-state index in [1.165, 1.54) is 0 Å². The van der Waals surface area contributed by atoms with Gasteiger partial charge in [-0.15, -0.1) is 5.10 Å². The number of benzene rings is 2. The average molecular weight is 400 g/mol. The molecule has 128 valence electrons. The highest BCUT2D eigenvalue weighted by molar-refractivity contribution is 9.10. The summed E-state index contributed by atoms with van der Waals surface area (Å²) < 4.78 is 6.51. The van der Waals surface area contributed by atoms with E-state index >= 15 is 0 Å². The fourth-order valence-electron chi connectivity index (χ4n) is 2.36. The number of fused-ring (bicyclic) bond motifs is 1. The average Bonchev–Trinajstić information content (AvgIpc) is 2.92. The summed E-state index contributed by atoms with van der Waals surface area (Å²) in [5.41, 5.74) is 2.69. The van der Waals surface area contributed by atoms with Crippen molar-refractivity contribution in [3.63, 3.8) is 0 Å². The normalized spacial score (nSPS) is 14.8. The van der Waals surface area contributed by atoms with E-state index in [2.05, 4.69) is 38.4 Å². The number of hydrogen-bond acceptors (Lipinski definition) is 4. The second-order valence-electron chi connectivity index (χ2n) is 5.61. The fourth-order valence-corrected chi connectivity index (χ4v) is 2.72. The van der Waals surface area contributed by atoms with Gasteiger partial charge in [0.15, 0.2) is 5.71 Å². The van der Waals surface area contributed by atoms with Crippen LogP contribution in [0.4, 0.5) is 5.69 Å². The van der Waals surface area contributed by atoms with Crippen LogP contribution in [0.1, 0.15) is 30.9 Å². The molecular formula is C19H18BrN3O2. The predicted molar refractivity (Wildman–Crippen MR) is 104 cm³/mol. The molecular weight excluding hydrogens is 382 g/mol. The minimum Gasteiger partial charge on any atom is -0.494 e. The van der Waals surface area contributed by atoms with Crippen molar-refractivity contribution in [1.82, 2.24) is 0 Å². The molecule has 0 fully saturated rings. The largest absolute Gasteiger partial charge is 0.494 e. The molecule has 0 unspecified atom stereocenters. The highest BCUT2D eigenvalue weighted by Gasteiger charge is 2.26. The van der Waals surface area contributed by atoms with Crippen LogP contribution >= 0.6 is 15.9 Å². The van der Waals surface area contributed by atoms with E-state index in [4.69, 9.17) is 4.74 Å². The Balaban J connectivity index is 1.70. The number of nitrogens with zero attached hydrogens (tertiary/aromatic N) is 2. The number of ether oxygens (including phenoxy) is 1. The van der Waals surface area contributed by atoms with Crippen molar-refractivity contribution in [3.05, 3.63) is 58.1 Å². The molecule has 1 amide bonds. The fraction of sp³-hybridized carbons (Fsp3) is 0.211. The van der Waals surface area contributed by atoms with E-state index in [1.54, 1.807) is 6.21 Å². The molecule has 0 bridgehead atoms. The Morgan fingerprint density at radius 2 is 2.00 bits per heavy atom. The molecule has 0 saturated carbocycles. The van der Waals surface area contributed by atoms with Crippen molar-refractivity contribution in [1.29, 1.82) is 0 Å². The number of nitrogens with one attached hydrogen (secondary N) is 1. The zero-order chi connectivity index (χ0) is 17.6. The highest BCUT2D eigenvalue weighted by Crippen LogP contribution is 2.26. The molecule has 0 aliphatic carbocycles. The van der Waals surface area contributed by atoms with Crippen molar-refractivity contribution in [2.45, 2.75) is 19.8 Å². The van der Waals surface area contributed by atoms with Gasteiger partial charge in [-0.2, -0.15) is 5.10 Å². The lowest BCUT2D eigenvalue weighted by Crippen LogP contribution is -2.13. The Bertz CT molecular complexity index is 829. The first-order valence-electron chi connectivity index (χ1n) is 8.12. The Hall–Kier alpha value is -2.47. The topological polar surface area (TPSA) is 63.1 Å². The summed E-state index contributed by atoms with van der Waals surface area (Å²) in [7, 11) is 0. The Kier molecular flexibility index (Phi) is 5.60. The number of carbonyl (C=O) groups excluding carboxylic acids is 1. The smallest absolute Gasteiger partial charge is 0.276 e. The van der Waals surface area contributed by atoms with Crippen molar-refractivity contribution in [2.75, 3.05) is 11.9 Å². The van der Waals surface area contributed by atoms with Gasteiger partial charge in [0.05, 0.1) is 18.5 Å². The van der Waals surface area contributed by atoms with E-state index in [1.807, 2.05) is 42.5 Å². The first-order valence-corrected chi connectivity index (χ1v) is 8.92. The number of unbranched alkanes of at least 4 members (excludes halogenated alkanes) is 1. The van der Waals surface area contributed by atoms with Gasteiger partial charge in [0.25, 0.3) is 5.91 Å². The third-order valence-electron chi connectivity index (χ3n) is 3.71. The number of rotatable bonds is 6. The number of anilines is 1. The van der Waals surface area contributed by atoms with Gasteiger partial charge in [0, 0.05) is 10.0 Å². The molecule has 0 saturated heterocycles. The zero-order valence-electron chi connectivity index (χ0n) is 13.8. The number of amides is 1. The third-order valence-corrected chi connectivity index (χ3v) is 4.20. The second-order valence-corrected chi connectivity index (χ2v) is 6.52. The number of hydrogen-bond donors (Lipinski definition) is 1. The van der Waals surface area contributed by atoms with Gasteiger partial charge in [-0.05, 0) is 54.4 Å². The second kappa shape index (κ2) is 8.07. The van der Waals surface area contributed by atoms with Crippen molar-refractivity contribution in [2.24, 2.45) is 10.2 Å². The summed E-state index contributed by atoms with van der Waals surface area (Å²) in [5, 5.41) is 10.9. The molecule has 0 atom stereocenters. The van der Waals surface area contributed by atoms with Crippen LogP contribution in [0.5, 0.6) is 5.75 Å². The summed E-state index contributed by atoms with van der Waals surface area (Å²) >= 11 is 3.40. The molecule has 1 aliphatic rings. The van der Waals surface area contributed by atoms with Crippen LogP contribution < -0.4 is 10.1 Å². The van der Waals surface area contributed by atoms with Crippen LogP contribution in [-0.2, 0) is 4.79 Å². The van der Waals surface area contributed by atoms with Crippen LogP contribution in [-0.4, -0.2) is 24.4 Å². The maximum atomic E-state index is 12.0. The van der Waals surface area contributed by atoms with E-state index in [9.17, 15) is 4.79 Å². The van der Waals surface area contributed by atoms with E-state index in [0.29, 0.717) is 5.71 Å². The summed E-state index contributed by atoms with van der Waals surface area (Å²) in [4.78, 5) is 12.0. The predicted octanol–water partition coefficient (Wildman–Crippen LogP) is 4.40. The molecule has 0 aromatic heterocycles. The molecule has 3 rings (SSSR count). The molecule has 2 aromatic carbocycles. The minimum atomic E-state index is -0.245. The van der Waals surface area contributed by atoms with Crippen molar-refractivity contribution >= 4 is 39.5 Å². The van der Waals surface area contributed by atoms with Gasteiger partial charge in [-0.3, -0.25) is 4.79 Å². The van der Waals surface area contributed by atoms with Crippen LogP contribution in [0.2, 0.25) is 0 Å². The molecule has 2 aromatic rings. The Morgan fingerprint density at radius 1 is 1.20 bits per heavy atom. The van der Waals surface area contributed by atoms with Gasteiger partial charge in [-0.1, -0.05) is 29.3 Å². The summed E-state index contributed by atoms with van der Waals surface area (Å²) in [6.07, 6.45) is 3.77. The first kappa shape index (κ1) is 17.4. The van der Waals surface area contributed by atoms with Crippen LogP contribution in [0, 0.1) is 0 Å². The van der Waals surface area contributed by atoms with Gasteiger partial charge in [0.2, 0.25) is 0 Å². The molecule has 1 N–H and O–H groups in total. The monoisotopic (exact) mass is 399 g/mol.